The van der Waals surface area contributed by atoms with Crippen molar-refractivity contribution < 1.29 is 26.7 Å². The number of halogens is 2. The number of fused-ring (bicyclic) bond motifs is 1. The van der Waals surface area contributed by atoms with E-state index in [4.69, 9.17) is 4.74 Å². The molecule has 0 spiro atoms. The van der Waals surface area contributed by atoms with E-state index in [1.807, 2.05) is 0 Å². The topological polar surface area (TPSA) is 119 Å². The van der Waals surface area contributed by atoms with Crippen molar-refractivity contribution in [2.75, 3.05) is 19.1 Å². The third kappa shape index (κ3) is 4.45. The van der Waals surface area contributed by atoms with Crippen LogP contribution in [-0.4, -0.2) is 62.8 Å². The lowest BCUT2D eigenvalue weighted by Gasteiger charge is -2.34. The maximum absolute atomic E-state index is 14.8. The van der Waals surface area contributed by atoms with Gasteiger partial charge in [-0.15, -0.1) is 0 Å². The summed E-state index contributed by atoms with van der Waals surface area (Å²) in [4.78, 5) is 24.9. The van der Waals surface area contributed by atoms with Crippen LogP contribution in [0.1, 0.15) is 32.6 Å². The Morgan fingerprint density at radius 1 is 1.26 bits per heavy atom. The summed E-state index contributed by atoms with van der Waals surface area (Å²) >= 11 is 0. The van der Waals surface area contributed by atoms with Gasteiger partial charge in [-0.2, -0.15) is 0 Å². The summed E-state index contributed by atoms with van der Waals surface area (Å²) in [5.74, 6) is -1.97. The number of pyridine rings is 1. The number of methoxy groups -OCH3 is 1. The first-order chi connectivity index (χ1) is 18.1. The highest BCUT2D eigenvalue weighted by molar-refractivity contribution is 7.91. The second-order valence-electron chi connectivity index (χ2n) is 9.40. The minimum Gasteiger partial charge on any atom is -0.468 e. The van der Waals surface area contributed by atoms with Crippen molar-refractivity contribution in [3.63, 3.8) is 0 Å². The first-order valence-corrected chi connectivity index (χ1v) is 13.5. The van der Waals surface area contributed by atoms with Gasteiger partial charge in [0.1, 0.15) is 16.6 Å². The number of aromatic nitrogens is 4. The molecule has 1 aliphatic heterocycles. The van der Waals surface area contributed by atoms with Gasteiger partial charge in [-0.05, 0) is 56.9 Å². The second kappa shape index (κ2) is 9.87. The molecule has 2 aliphatic rings. The van der Waals surface area contributed by atoms with Crippen LogP contribution in [0.3, 0.4) is 0 Å². The van der Waals surface area contributed by atoms with E-state index >= 15 is 0 Å². The zero-order valence-corrected chi connectivity index (χ0v) is 21.6. The molecule has 0 amide bonds. The number of nitrogens with one attached hydrogen (secondary N) is 1. The number of allylic oxidation sites excluding steroid dienone is 3. The maximum Gasteiger partial charge on any atom is 0.324 e. The number of rotatable bonds is 6. The molecule has 38 heavy (non-hydrogen) atoms. The smallest absolute Gasteiger partial charge is 0.324 e. The number of nitrogens with zero attached hydrogens (tertiary/aromatic N) is 5. The summed E-state index contributed by atoms with van der Waals surface area (Å²) < 4.78 is 60.7. The lowest BCUT2D eigenvalue weighted by molar-refractivity contribution is -0.147. The van der Waals surface area contributed by atoms with Crippen LogP contribution in [0.4, 0.5) is 14.6 Å². The number of ether oxygens (including phenoxy) is 1. The Balaban J connectivity index is 1.57. The van der Waals surface area contributed by atoms with Gasteiger partial charge in [-0.3, -0.25) is 10.2 Å². The standard InChI is InChI=1S/C25H26F2N6O4S/c1-25(10-5-7-16(26)13-25)38(35,36)33-15-18(17-8-6-11-28-23(17)33)21-29-14-19(27)22(30-21)31-32-12-4-3-9-20(32)24(34)37-2/h5-8,11,13-15,20H,3-4,9-10,12H2,1-2H3,(H,29,30,31). The predicted molar refractivity (Wildman–Crippen MR) is 136 cm³/mol. The monoisotopic (exact) mass is 544 g/mol. The van der Waals surface area contributed by atoms with Gasteiger partial charge < -0.3 is 4.74 Å². The fraction of sp³-hybridized carbons (Fsp3) is 0.360. The van der Waals surface area contributed by atoms with Crippen molar-refractivity contribution in [1.82, 2.24) is 23.9 Å². The van der Waals surface area contributed by atoms with Crippen LogP contribution in [-0.2, 0) is 19.6 Å². The van der Waals surface area contributed by atoms with E-state index in [2.05, 4.69) is 20.4 Å². The molecular formula is C25H26F2N6O4S. The lowest BCUT2D eigenvalue weighted by Crippen LogP contribution is -2.48. The van der Waals surface area contributed by atoms with Gasteiger partial charge in [-0.25, -0.2) is 41.1 Å². The molecular weight excluding hydrogens is 518 g/mol. The van der Waals surface area contributed by atoms with Crippen molar-refractivity contribution in [1.29, 1.82) is 0 Å². The second-order valence-corrected chi connectivity index (χ2v) is 11.7. The van der Waals surface area contributed by atoms with E-state index in [9.17, 15) is 22.0 Å². The van der Waals surface area contributed by atoms with Crippen LogP contribution in [0.5, 0.6) is 0 Å². The van der Waals surface area contributed by atoms with Gasteiger partial charge in [0.2, 0.25) is 10.0 Å². The minimum absolute atomic E-state index is 0.0443. The molecule has 10 nitrogen and oxygen atoms in total. The van der Waals surface area contributed by atoms with E-state index in [1.54, 1.807) is 17.1 Å². The number of hydrazine groups is 1. The largest absolute Gasteiger partial charge is 0.468 e. The molecule has 1 aliphatic carbocycles. The molecule has 5 rings (SSSR count). The number of hydrogen-bond donors (Lipinski definition) is 1. The molecule has 4 heterocycles. The van der Waals surface area contributed by atoms with Crippen molar-refractivity contribution in [2.24, 2.45) is 0 Å². The molecule has 0 aromatic carbocycles. The maximum atomic E-state index is 14.8. The Kier molecular flexibility index (Phi) is 6.73. The molecule has 2 unspecified atom stereocenters. The van der Waals surface area contributed by atoms with Crippen LogP contribution in [0, 0.1) is 5.82 Å². The highest BCUT2D eigenvalue weighted by Crippen LogP contribution is 2.36. The van der Waals surface area contributed by atoms with Crippen LogP contribution in [0.2, 0.25) is 0 Å². The van der Waals surface area contributed by atoms with Gasteiger partial charge in [0, 0.05) is 29.9 Å². The summed E-state index contributed by atoms with van der Waals surface area (Å²) in [6.07, 6.45) is 9.73. The van der Waals surface area contributed by atoms with Crippen LogP contribution in [0.25, 0.3) is 22.4 Å². The molecule has 3 aromatic heterocycles. The van der Waals surface area contributed by atoms with Gasteiger partial charge in [0.05, 0.1) is 13.3 Å². The summed E-state index contributed by atoms with van der Waals surface area (Å²) in [6, 6.07) is 2.67. The number of hydrogen-bond acceptors (Lipinski definition) is 9. The highest BCUT2D eigenvalue weighted by Gasteiger charge is 2.41. The zero-order chi connectivity index (χ0) is 27.1. The highest BCUT2D eigenvalue weighted by atomic mass is 32.2. The molecule has 13 heteroatoms. The van der Waals surface area contributed by atoms with E-state index < -0.39 is 38.4 Å². The summed E-state index contributed by atoms with van der Waals surface area (Å²) in [5.41, 5.74) is 3.28. The summed E-state index contributed by atoms with van der Waals surface area (Å²) in [5, 5.41) is 2.00. The predicted octanol–water partition coefficient (Wildman–Crippen LogP) is 3.74. The quantitative estimate of drug-likeness (QED) is 0.463. The number of carbonyl (C=O) groups is 1. The van der Waals surface area contributed by atoms with Crippen molar-refractivity contribution in [3.8, 4) is 11.4 Å². The molecule has 3 aromatic rings. The Labute approximate surface area is 218 Å². The Morgan fingerprint density at radius 2 is 2.08 bits per heavy atom. The lowest BCUT2D eigenvalue weighted by atomic mass is 10.0. The molecule has 0 radical (unpaired) electrons. The van der Waals surface area contributed by atoms with Crippen molar-refractivity contribution in [3.05, 3.63) is 60.6 Å². The first kappa shape index (κ1) is 25.9. The normalized spacial score (nSPS) is 22.3. The first-order valence-electron chi connectivity index (χ1n) is 12.0. The van der Waals surface area contributed by atoms with Gasteiger partial charge in [0.25, 0.3) is 0 Å². The van der Waals surface area contributed by atoms with E-state index in [-0.39, 0.29) is 23.7 Å². The fourth-order valence-electron chi connectivity index (χ4n) is 4.76. The Hall–Kier alpha value is -3.71. The number of esters is 1. The Morgan fingerprint density at radius 3 is 2.84 bits per heavy atom. The molecule has 0 saturated carbocycles. The third-order valence-electron chi connectivity index (χ3n) is 6.83. The van der Waals surface area contributed by atoms with Crippen LogP contribution >= 0.6 is 0 Å². The molecule has 0 bridgehead atoms. The van der Waals surface area contributed by atoms with Gasteiger partial charge in [0.15, 0.2) is 23.1 Å². The molecule has 2 atom stereocenters. The molecule has 1 N–H and O–H groups in total. The zero-order valence-electron chi connectivity index (χ0n) is 20.8. The summed E-state index contributed by atoms with van der Waals surface area (Å²) in [7, 11) is -2.89. The van der Waals surface area contributed by atoms with E-state index in [0.29, 0.717) is 23.9 Å². The van der Waals surface area contributed by atoms with Crippen LogP contribution < -0.4 is 5.43 Å². The van der Waals surface area contributed by atoms with Gasteiger partial charge in [-0.1, -0.05) is 6.08 Å². The van der Waals surface area contributed by atoms with Crippen LogP contribution in [0.15, 0.2) is 54.8 Å². The molecule has 1 saturated heterocycles. The average Bonchev–Trinajstić information content (AvgIpc) is 3.30. The number of carbonyl (C=O) groups excluding carboxylic acids is 1. The van der Waals surface area contributed by atoms with Gasteiger partial charge >= 0.3 is 5.97 Å². The van der Waals surface area contributed by atoms with E-state index in [1.165, 1.54) is 38.6 Å². The fourth-order valence-corrected chi connectivity index (χ4v) is 6.39. The third-order valence-corrected chi connectivity index (χ3v) is 9.09. The minimum atomic E-state index is -4.19. The average molecular weight is 545 g/mol. The SMILES string of the molecule is COC(=O)C1CCCCN1Nc1nc(-c2cn(S(=O)(=O)C3(C)C=C(F)C=CC3)c3ncccc23)ncc1F. The number of piperidine rings is 1. The van der Waals surface area contributed by atoms with Crippen molar-refractivity contribution >= 4 is 32.8 Å². The molecule has 1 fully saturated rings. The molecule has 200 valence electrons. The van der Waals surface area contributed by atoms with E-state index in [0.717, 1.165) is 29.1 Å². The van der Waals surface area contributed by atoms with Crippen molar-refractivity contribution in [2.45, 2.75) is 43.4 Å². The summed E-state index contributed by atoms with van der Waals surface area (Å²) in [6.45, 7) is 1.91. The number of anilines is 1. The Bertz CT molecular complexity index is 1570.